The second-order valence-corrected chi connectivity index (χ2v) is 9.71. The highest BCUT2D eigenvalue weighted by Crippen LogP contribution is 2.42. The van der Waals surface area contributed by atoms with E-state index in [0.717, 1.165) is 5.56 Å². The molecule has 3 aromatic rings. The maximum Gasteiger partial charge on any atom is 0.313 e. The highest BCUT2D eigenvalue weighted by Gasteiger charge is 2.30. The molecular weight excluding hydrogens is 553 g/mol. The molecule has 1 unspecified atom stereocenters. The lowest BCUT2D eigenvalue weighted by Gasteiger charge is -2.25. The summed E-state index contributed by atoms with van der Waals surface area (Å²) in [4.78, 5) is 25.0. The van der Waals surface area contributed by atoms with Crippen molar-refractivity contribution in [3.05, 3.63) is 80.3 Å². The standard InChI is InChI=1S/C28H26Cl3NO6/c1-3-36-28(34)19-9-11-37-25-15-26(23(31)14-21(19)25)38-18-6-4-16(5-7-18)27(33)32-10-8-20-22(30)12-17(29)13-24(20)35-2/h4-7,12-15,19H,3,8-11H2,1-2H3,(H,32,33). The first kappa shape index (κ1) is 27.9. The number of benzene rings is 3. The number of nitrogens with one attached hydrogen (secondary N) is 1. The number of amides is 1. The van der Waals surface area contributed by atoms with E-state index in [0.29, 0.717) is 81.8 Å². The van der Waals surface area contributed by atoms with Crippen LogP contribution in [0.25, 0.3) is 0 Å². The van der Waals surface area contributed by atoms with E-state index in [-0.39, 0.29) is 11.9 Å². The molecule has 0 saturated heterocycles. The number of carbonyl (C=O) groups excluding carboxylic acids is 2. The van der Waals surface area contributed by atoms with Gasteiger partial charge in [-0.25, -0.2) is 0 Å². The van der Waals surface area contributed by atoms with Gasteiger partial charge in [-0.15, -0.1) is 0 Å². The lowest BCUT2D eigenvalue weighted by atomic mass is 9.93. The smallest absolute Gasteiger partial charge is 0.313 e. The van der Waals surface area contributed by atoms with E-state index in [4.69, 9.17) is 53.8 Å². The van der Waals surface area contributed by atoms with Gasteiger partial charge in [-0.2, -0.15) is 0 Å². The van der Waals surface area contributed by atoms with Crippen LogP contribution in [0.4, 0.5) is 0 Å². The molecule has 0 bridgehead atoms. The summed E-state index contributed by atoms with van der Waals surface area (Å²) in [5.74, 6) is 0.986. The number of hydrogen-bond donors (Lipinski definition) is 1. The van der Waals surface area contributed by atoms with Crippen molar-refractivity contribution in [2.24, 2.45) is 0 Å². The Hall–Kier alpha value is -3.13. The van der Waals surface area contributed by atoms with Crippen LogP contribution in [0.5, 0.6) is 23.0 Å². The third kappa shape index (κ3) is 6.46. The summed E-state index contributed by atoms with van der Waals surface area (Å²) < 4.78 is 22.2. The van der Waals surface area contributed by atoms with Gasteiger partial charge < -0.3 is 24.3 Å². The predicted molar refractivity (Wildman–Crippen MR) is 147 cm³/mol. The number of fused-ring (bicyclic) bond motifs is 1. The highest BCUT2D eigenvalue weighted by molar-refractivity contribution is 6.35. The number of ether oxygens (including phenoxy) is 4. The van der Waals surface area contributed by atoms with E-state index in [9.17, 15) is 9.59 Å². The van der Waals surface area contributed by atoms with Crippen molar-refractivity contribution in [1.82, 2.24) is 5.32 Å². The monoisotopic (exact) mass is 577 g/mol. The molecule has 1 atom stereocenters. The summed E-state index contributed by atoms with van der Waals surface area (Å²) in [5.41, 5.74) is 1.90. The Bertz CT molecular complexity index is 1330. The van der Waals surface area contributed by atoms with Crippen LogP contribution in [0.3, 0.4) is 0 Å². The van der Waals surface area contributed by atoms with Crippen LogP contribution in [0.1, 0.15) is 40.7 Å². The predicted octanol–water partition coefficient (Wildman–Crippen LogP) is 6.85. The number of carbonyl (C=O) groups is 2. The quantitative estimate of drug-likeness (QED) is 0.280. The first-order chi connectivity index (χ1) is 18.3. The van der Waals surface area contributed by atoms with Crippen molar-refractivity contribution in [2.75, 3.05) is 26.9 Å². The van der Waals surface area contributed by atoms with Crippen LogP contribution in [0.15, 0.2) is 48.5 Å². The fourth-order valence-corrected chi connectivity index (χ4v) is 4.94. The molecule has 4 rings (SSSR count). The molecule has 1 amide bonds. The van der Waals surface area contributed by atoms with Gasteiger partial charge in [0.15, 0.2) is 0 Å². The molecule has 0 spiro atoms. The molecule has 1 N–H and O–H groups in total. The molecule has 1 aliphatic rings. The van der Waals surface area contributed by atoms with E-state index in [1.807, 2.05) is 0 Å². The van der Waals surface area contributed by atoms with Gasteiger partial charge in [-0.05, 0) is 62.2 Å². The molecule has 0 radical (unpaired) electrons. The number of rotatable bonds is 9. The normalized spacial score (nSPS) is 14.2. The summed E-state index contributed by atoms with van der Waals surface area (Å²) in [6, 6.07) is 13.3. The lowest BCUT2D eigenvalue weighted by molar-refractivity contribution is -0.145. The van der Waals surface area contributed by atoms with Crippen LogP contribution in [0, 0.1) is 0 Å². The fraction of sp³-hybridized carbons (Fsp3) is 0.286. The topological polar surface area (TPSA) is 83.1 Å². The molecule has 0 aliphatic carbocycles. The molecule has 10 heteroatoms. The molecule has 1 aliphatic heterocycles. The van der Waals surface area contributed by atoms with Gasteiger partial charge in [-0.1, -0.05) is 34.8 Å². The van der Waals surface area contributed by atoms with Gasteiger partial charge in [0, 0.05) is 39.3 Å². The molecule has 1 heterocycles. The third-order valence-electron chi connectivity index (χ3n) is 6.02. The van der Waals surface area contributed by atoms with Gasteiger partial charge in [0.05, 0.1) is 31.3 Å². The van der Waals surface area contributed by atoms with Gasteiger partial charge in [0.1, 0.15) is 23.0 Å². The number of halogens is 3. The summed E-state index contributed by atoms with van der Waals surface area (Å²) >= 11 is 18.8. The van der Waals surface area contributed by atoms with Crippen molar-refractivity contribution in [1.29, 1.82) is 0 Å². The Morgan fingerprint density at radius 2 is 1.79 bits per heavy atom. The summed E-state index contributed by atoms with van der Waals surface area (Å²) in [5, 5.41) is 4.17. The Balaban J connectivity index is 1.39. The van der Waals surface area contributed by atoms with Gasteiger partial charge in [0.25, 0.3) is 5.91 Å². The average molecular weight is 579 g/mol. The maximum atomic E-state index is 12.6. The first-order valence-electron chi connectivity index (χ1n) is 12.0. The highest BCUT2D eigenvalue weighted by atomic mass is 35.5. The Morgan fingerprint density at radius 1 is 1.03 bits per heavy atom. The molecule has 3 aromatic carbocycles. The second kappa shape index (κ2) is 12.6. The first-order valence-corrected chi connectivity index (χ1v) is 13.1. The van der Waals surface area contributed by atoms with Crippen molar-refractivity contribution in [3.63, 3.8) is 0 Å². The SMILES string of the molecule is CCOC(=O)C1CCOc2cc(Oc3ccc(C(=O)NCCc4c(Cl)cc(Cl)cc4OC)cc3)c(Cl)cc21. The van der Waals surface area contributed by atoms with Gasteiger partial charge in [0.2, 0.25) is 0 Å². The summed E-state index contributed by atoms with van der Waals surface area (Å²) in [7, 11) is 1.54. The minimum absolute atomic E-state index is 0.245. The van der Waals surface area contributed by atoms with Crippen molar-refractivity contribution in [2.45, 2.75) is 25.7 Å². The molecule has 38 heavy (non-hydrogen) atoms. The van der Waals surface area contributed by atoms with Crippen LogP contribution in [-0.2, 0) is 16.0 Å². The fourth-order valence-electron chi connectivity index (χ4n) is 4.16. The number of esters is 1. The molecule has 0 fully saturated rings. The largest absolute Gasteiger partial charge is 0.496 e. The van der Waals surface area contributed by atoms with Crippen LogP contribution in [0.2, 0.25) is 15.1 Å². The third-order valence-corrected chi connectivity index (χ3v) is 6.87. The molecular formula is C28H26Cl3NO6. The van der Waals surface area contributed by atoms with E-state index >= 15 is 0 Å². The Kier molecular flexibility index (Phi) is 9.26. The minimum Gasteiger partial charge on any atom is -0.496 e. The molecule has 0 saturated carbocycles. The second-order valence-electron chi connectivity index (χ2n) is 8.46. The summed E-state index contributed by atoms with van der Waals surface area (Å²) in [6.07, 6.45) is 0.994. The van der Waals surface area contributed by atoms with E-state index < -0.39 is 5.92 Å². The molecule has 0 aromatic heterocycles. The van der Waals surface area contributed by atoms with Crippen LogP contribution < -0.4 is 19.5 Å². The molecule has 200 valence electrons. The zero-order valence-electron chi connectivity index (χ0n) is 20.8. The van der Waals surface area contributed by atoms with E-state index in [1.54, 1.807) is 55.5 Å². The average Bonchev–Trinajstić information content (AvgIpc) is 2.90. The van der Waals surface area contributed by atoms with Crippen LogP contribution in [-0.4, -0.2) is 38.7 Å². The van der Waals surface area contributed by atoms with Crippen molar-refractivity contribution < 1.29 is 28.5 Å². The van der Waals surface area contributed by atoms with Crippen molar-refractivity contribution >= 4 is 46.7 Å². The minimum atomic E-state index is -0.431. The zero-order valence-corrected chi connectivity index (χ0v) is 23.1. The zero-order chi connectivity index (χ0) is 27.2. The molecule has 7 nitrogen and oxygen atoms in total. The lowest BCUT2D eigenvalue weighted by Crippen LogP contribution is -2.25. The summed E-state index contributed by atoms with van der Waals surface area (Å²) in [6.45, 7) is 2.82. The Labute approximate surface area is 235 Å². The van der Waals surface area contributed by atoms with Crippen molar-refractivity contribution in [3.8, 4) is 23.0 Å². The van der Waals surface area contributed by atoms with E-state index in [2.05, 4.69) is 5.32 Å². The van der Waals surface area contributed by atoms with Crippen LogP contribution >= 0.6 is 34.8 Å². The number of hydrogen-bond acceptors (Lipinski definition) is 6. The van der Waals surface area contributed by atoms with Gasteiger partial charge >= 0.3 is 5.97 Å². The number of methoxy groups -OCH3 is 1. The Morgan fingerprint density at radius 3 is 2.50 bits per heavy atom. The maximum absolute atomic E-state index is 12.6. The van der Waals surface area contributed by atoms with Gasteiger partial charge in [-0.3, -0.25) is 9.59 Å². The van der Waals surface area contributed by atoms with E-state index in [1.165, 1.54) is 7.11 Å².